The summed E-state index contributed by atoms with van der Waals surface area (Å²) < 4.78 is 1.94. The maximum Gasteiger partial charge on any atom is 0.180 e. The highest BCUT2D eigenvalue weighted by atomic mass is 15.1. The van der Waals surface area contributed by atoms with Crippen LogP contribution in [-0.4, -0.2) is 26.1 Å². The van der Waals surface area contributed by atoms with Crippen molar-refractivity contribution in [3.63, 3.8) is 0 Å². The Hall–Kier alpha value is -1.91. The van der Waals surface area contributed by atoms with Gasteiger partial charge >= 0.3 is 0 Å². The quantitative estimate of drug-likeness (QED) is 0.879. The minimum Gasteiger partial charge on any atom is -0.370 e. The molecular formula is C15H23N5. The molecule has 0 aliphatic rings. The number of anilines is 1. The molecule has 2 aromatic heterocycles. The van der Waals surface area contributed by atoms with E-state index in [2.05, 4.69) is 47.1 Å². The Bertz CT molecular complexity index is 559. The van der Waals surface area contributed by atoms with Crippen molar-refractivity contribution in [2.24, 2.45) is 13.0 Å². The maximum absolute atomic E-state index is 4.67. The van der Waals surface area contributed by atoms with E-state index in [0.717, 1.165) is 42.4 Å². The molecule has 0 aliphatic carbocycles. The Morgan fingerprint density at radius 1 is 1.30 bits per heavy atom. The molecule has 0 atom stereocenters. The van der Waals surface area contributed by atoms with Crippen LogP contribution in [0.25, 0.3) is 11.5 Å². The zero-order valence-corrected chi connectivity index (χ0v) is 12.7. The molecule has 0 bridgehead atoms. The van der Waals surface area contributed by atoms with Crippen molar-refractivity contribution in [2.75, 3.05) is 11.9 Å². The van der Waals surface area contributed by atoms with E-state index in [9.17, 15) is 0 Å². The second-order valence-electron chi connectivity index (χ2n) is 5.48. The van der Waals surface area contributed by atoms with Crippen molar-refractivity contribution in [1.29, 1.82) is 0 Å². The molecule has 0 saturated carbocycles. The van der Waals surface area contributed by atoms with Gasteiger partial charge in [-0.25, -0.2) is 15.0 Å². The highest BCUT2D eigenvalue weighted by molar-refractivity contribution is 5.53. The Morgan fingerprint density at radius 3 is 2.70 bits per heavy atom. The summed E-state index contributed by atoms with van der Waals surface area (Å²) in [5.41, 5.74) is 2.01. The van der Waals surface area contributed by atoms with Gasteiger partial charge in [-0.2, -0.15) is 0 Å². The van der Waals surface area contributed by atoms with E-state index < -0.39 is 0 Å². The van der Waals surface area contributed by atoms with Gasteiger partial charge in [0.2, 0.25) is 0 Å². The van der Waals surface area contributed by atoms with Crippen LogP contribution >= 0.6 is 0 Å². The van der Waals surface area contributed by atoms with E-state index in [1.54, 1.807) is 12.5 Å². The smallest absolute Gasteiger partial charge is 0.180 e. The molecule has 5 heteroatoms. The maximum atomic E-state index is 4.67. The number of nitrogens with one attached hydrogen (secondary N) is 1. The average Bonchev–Trinajstić information content (AvgIpc) is 2.81. The molecule has 0 radical (unpaired) electrons. The summed E-state index contributed by atoms with van der Waals surface area (Å²) in [7, 11) is 1.96. The monoisotopic (exact) mass is 273 g/mol. The average molecular weight is 273 g/mol. The van der Waals surface area contributed by atoms with E-state index in [-0.39, 0.29) is 0 Å². The predicted octanol–water partition coefficient (Wildman–Crippen LogP) is 2.90. The summed E-state index contributed by atoms with van der Waals surface area (Å²) >= 11 is 0. The highest BCUT2D eigenvalue weighted by Gasteiger charge is 2.10. The van der Waals surface area contributed by atoms with Crippen molar-refractivity contribution < 1.29 is 0 Å². The molecule has 2 heterocycles. The van der Waals surface area contributed by atoms with Crippen LogP contribution in [0.1, 0.15) is 32.9 Å². The number of nitrogens with zero attached hydrogens (tertiary/aromatic N) is 4. The number of rotatable bonds is 6. The summed E-state index contributed by atoms with van der Waals surface area (Å²) in [5, 5.41) is 3.35. The lowest BCUT2D eigenvalue weighted by atomic mass is 10.1. The number of aromatic nitrogens is 4. The summed E-state index contributed by atoms with van der Waals surface area (Å²) in [5.74, 6) is 2.21. The van der Waals surface area contributed by atoms with Crippen LogP contribution in [-0.2, 0) is 13.5 Å². The molecule has 0 aromatic carbocycles. The van der Waals surface area contributed by atoms with Gasteiger partial charge in [0.05, 0.1) is 12.5 Å². The summed E-state index contributed by atoms with van der Waals surface area (Å²) in [6.45, 7) is 7.46. The van der Waals surface area contributed by atoms with Crippen molar-refractivity contribution in [2.45, 2.75) is 33.6 Å². The summed E-state index contributed by atoms with van der Waals surface area (Å²) in [4.78, 5) is 13.4. The van der Waals surface area contributed by atoms with Gasteiger partial charge in [-0.15, -0.1) is 0 Å². The van der Waals surface area contributed by atoms with Gasteiger partial charge in [0.1, 0.15) is 11.5 Å². The topological polar surface area (TPSA) is 55.6 Å². The molecule has 0 aliphatic heterocycles. The molecule has 1 N–H and O–H groups in total. The normalized spacial score (nSPS) is 11.1. The van der Waals surface area contributed by atoms with Gasteiger partial charge < -0.3 is 9.88 Å². The lowest BCUT2D eigenvalue weighted by Gasteiger charge is -2.11. The molecule has 0 amide bonds. The first-order chi connectivity index (χ1) is 9.60. The van der Waals surface area contributed by atoms with Crippen LogP contribution < -0.4 is 5.32 Å². The molecular weight excluding hydrogens is 250 g/mol. The fourth-order valence-electron chi connectivity index (χ4n) is 2.05. The Kier molecular flexibility index (Phi) is 4.71. The lowest BCUT2D eigenvalue weighted by Crippen LogP contribution is -2.08. The molecule has 0 fully saturated rings. The predicted molar refractivity (Wildman–Crippen MR) is 81.6 cm³/mol. The van der Waals surface area contributed by atoms with Gasteiger partial charge in [-0.05, 0) is 18.8 Å². The van der Waals surface area contributed by atoms with Crippen LogP contribution in [0.15, 0.2) is 18.6 Å². The molecule has 2 aromatic rings. The van der Waals surface area contributed by atoms with Crippen molar-refractivity contribution >= 4 is 5.82 Å². The molecule has 108 valence electrons. The third-order valence-corrected chi connectivity index (χ3v) is 3.00. The molecule has 0 saturated heterocycles. The molecule has 20 heavy (non-hydrogen) atoms. The first kappa shape index (κ1) is 14.5. The minimum atomic E-state index is 0.573. The molecule has 2 rings (SSSR count). The van der Waals surface area contributed by atoms with Crippen LogP contribution in [0.4, 0.5) is 5.82 Å². The number of hydrogen-bond acceptors (Lipinski definition) is 4. The zero-order valence-electron chi connectivity index (χ0n) is 12.7. The largest absolute Gasteiger partial charge is 0.370 e. The van der Waals surface area contributed by atoms with E-state index in [1.807, 2.05) is 11.6 Å². The van der Waals surface area contributed by atoms with Crippen molar-refractivity contribution in [3.05, 3.63) is 24.3 Å². The summed E-state index contributed by atoms with van der Waals surface area (Å²) in [6.07, 6.45) is 5.60. The second kappa shape index (κ2) is 6.50. The number of aryl methyl sites for hydroxylation is 1. The minimum absolute atomic E-state index is 0.573. The second-order valence-corrected chi connectivity index (χ2v) is 5.48. The van der Waals surface area contributed by atoms with Crippen LogP contribution in [0.3, 0.4) is 0 Å². The van der Waals surface area contributed by atoms with Crippen LogP contribution in [0.5, 0.6) is 0 Å². The van der Waals surface area contributed by atoms with Gasteiger partial charge in [0.25, 0.3) is 0 Å². The van der Waals surface area contributed by atoms with E-state index in [4.69, 9.17) is 0 Å². The zero-order chi connectivity index (χ0) is 14.5. The van der Waals surface area contributed by atoms with Crippen LogP contribution in [0, 0.1) is 5.92 Å². The lowest BCUT2D eigenvalue weighted by molar-refractivity contribution is 0.634. The first-order valence-electron chi connectivity index (χ1n) is 7.18. The Balaban J connectivity index is 2.37. The number of imidazole rings is 1. The van der Waals surface area contributed by atoms with Crippen LogP contribution in [0.2, 0.25) is 0 Å². The van der Waals surface area contributed by atoms with Gasteiger partial charge in [0, 0.05) is 25.4 Å². The standard InChI is InChI=1S/C15H23N5/c1-5-6-17-14-8-12(7-11(2)3)18-15(19-14)13-9-16-10-20(13)4/h8-11H,5-7H2,1-4H3,(H,17,18,19). The molecule has 0 spiro atoms. The Labute approximate surface area is 120 Å². The fourth-order valence-corrected chi connectivity index (χ4v) is 2.05. The highest BCUT2D eigenvalue weighted by Crippen LogP contribution is 2.18. The van der Waals surface area contributed by atoms with Gasteiger partial charge in [-0.1, -0.05) is 20.8 Å². The van der Waals surface area contributed by atoms with Crippen molar-refractivity contribution in [3.8, 4) is 11.5 Å². The van der Waals surface area contributed by atoms with Crippen molar-refractivity contribution in [1.82, 2.24) is 19.5 Å². The SMILES string of the molecule is CCCNc1cc(CC(C)C)nc(-c2cncn2C)n1. The first-order valence-corrected chi connectivity index (χ1v) is 7.18. The van der Waals surface area contributed by atoms with E-state index in [1.165, 1.54) is 0 Å². The third kappa shape index (κ3) is 3.56. The van der Waals surface area contributed by atoms with E-state index >= 15 is 0 Å². The fraction of sp³-hybridized carbons (Fsp3) is 0.533. The van der Waals surface area contributed by atoms with Gasteiger partial charge in [-0.3, -0.25) is 0 Å². The van der Waals surface area contributed by atoms with E-state index in [0.29, 0.717) is 5.92 Å². The number of hydrogen-bond donors (Lipinski definition) is 1. The van der Waals surface area contributed by atoms with Gasteiger partial charge in [0.15, 0.2) is 5.82 Å². The summed E-state index contributed by atoms with van der Waals surface area (Å²) in [6, 6.07) is 2.05. The Morgan fingerprint density at radius 2 is 2.10 bits per heavy atom. The molecule has 5 nitrogen and oxygen atoms in total. The third-order valence-electron chi connectivity index (χ3n) is 3.00. The molecule has 0 unspecified atom stereocenters.